The number of rotatable bonds is 6. The van der Waals surface area contributed by atoms with Crippen molar-refractivity contribution in [3.8, 4) is 0 Å². The summed E-state index contributed by atoms with van der Waals surface area (Å²) in [6.45, 7) is 6.98. The third-order valence-corrected chi connectivity index (χ3v) is 6.22. The highest BCUT2D eigenvalue weighted by Gasteiger charge is 2.46. The van der Waals surface area contributed by atoms with Gasteiger partial charge in [-0.15, -0.1) is 0 Å². The highest BCUT2D eigenvalue weighted by atomic mass is 16.1. The Morgan fingerprint density at radius 2 is 1.32 bits per heavy atom. The van der Waals surface area contributed by atoms with E-state index in [2.05, 4.69) is 20.8 Å². The van der Waals surface area contributed by atoms with Crippen LogP contribution >= 0.6 is 0 Å². The molecule has 0 bridgehead atoms. The smallest absolute Gasteiger partial charge is 0.132 e. The summed E-state index contributed by atoms with van der Waals surface area (Å²) in [7, 11) is 0. The molecular weight excluding hydrogens is 272 g/mol. The molecule has 2 saturated carbocycles. The zero-order valence-corrected chi connectivity index (χ0v) is 14.8. The topological polar surface area (TPSA) is 34.1 Å². The van der Waals surface area contributed by atoms with Crippen molar-refractivity contribution in [1.82, 2.24) is 0 Å². The molecule has 0 amide bonds. The van der Waals surface area contributed by atoms with E-state index in [4.69, 9.17) is 0 Å². The van der Waals surface area contributed by atoms with Gasteiger partial charge in [-0.3, -0.25) is 9.59 Å². The van der Waals surface area contributed by atoms with E-state index in [1.807, 2.05) is 0 Å². The molecule has 0 aromatic heterocycles. The summed E-state index contributed by atoms with van der Waals surface area (Å²) in [5, 5.41) is 0. The van der Waals surface area contributed by atoms with Crippen LogP contribution in [0.25, 0.3) is 0 Å². The standard InChI is InChI=1S/C20H34O2/c1-4-13-20(14-15(2)3,16-5-9-18(21)10-6-16)17-7-11-19(22)12-8-17/h15-17H,4-14H2,1-3H3. The van der Waals surface area contributed by atoms with Gasteiger partial charge in [0.1, 0.15) is 11.6 Å². The van der Waals surface area contributed by atoms with Gasteiger partial charge in [0.15, 0.2) is 0 Å². The fraction of sp³-hybridized carbons (Fsp3) is 0.900. The van der Waals surface area contributed by atoms with Crippen LogP contribution in [-0.2, 0) is 9.59 Å². The van der Waals surface area contributed by atoms with E-state index >= 15 is 0 Å². The molecule has 2 fully saturated rings. The van der Waals surface area contributed by atoms with E-state index in [1.54, 1.807) is 0 Å². The lowest BCUT2D eigenvalue weighted by Crippen LogP contribution is -2.43. The number of ketones is 2. The van der Waals surface area contributed by atoms with Crippen molar-refractivity contribution < 1.29 is 9.59 Å². The van der Waals surface area contributed by atoms with E-state index in [9.17, 15) is 9.59 Å². The van der Waals surface area contributed by atoms with Gasteiger partial charge in [0.05, 0.1) is 0 Å². The third kappa shape index (κ3) is 4.00. The number of carbonyl (C=O) groups is 2. The molecule has 0 N–H and O–H groups in total. The number of hydrogen-bond donors (Lipinski definition) is 0. The summed E-state index contributed by atoms with van der Waals surface area (Å²) < 4.78 is 0. The molecule has 0 spiro atoms. The van der Waals surface area contributed by atoms with Gasteiger partial charge >= 0.3 is 0 Å². The van der Waals surface area contributed by atoms with Gasteiger partial charge in [-0.25, -0.2) is 0 Å². The van der Waals surface area contributed by atoms with Gasteiger partial charge in [-0.1, -0.05) is 27.2 Å². The van der Waals surface area contributed by atoms with Gasteiger partial charge < -0.3 is 0 Å². The molecule has 0 heterocycles. The molecule has 2 nitrogen and oxygen atoms in total. The monoisotopic (exact) mass is 306 g/mol. The van der Waals surface area contributed by atoms with Gasteiger partial charge in [0, 0.05) is 25.7 Å². The quantitative estimate of drug-likeness (QED) is 0.664. The average molecular weight is 306 g/mol. The van der Waals surface area contributed by atoms with E-state index in [-0.39, 0.29) is 0 Å². The second-order valence-electron chi connectivity index (χ2n) is 8.21. The number of hydrogen-bond acceptors (Lipinski definition) is 2. The molecule has 0 saturated heterocycles. The molecule has 0 atom stereocenters. The fourth-order valence-corrected chi connectivity index (χ4v) is 5.43. The minimum absolute atomic E-state index is 0.379. The van der Waals surface area contributed by atoms with Crippen molar-refractivity contribution in [3.63, 3.8) is 0 Å². The number of Topliss-reactive ketones (excluding diaryl/α,β-unsaturated/α-hetero) is 2. The summed E-state index contributed by atoms with van der Waals surface area (Å²) in [6.07, 6.45) is 11.3. The second-order valence-corrected chi connectivity index (χ2v) is 8.21. The van der Waals surface area contributed by atoms with Crippen molar-refractivity contribution >= 4 is 11.6 Å². The molecule has 0 unspecified atom stereocenters. The maximum atomic E-state index is 11.7. The molecule has 2 aliphatic rings. The first-order chi connectivity index (χ1) is 10.5. The Kier molecular flexibility index (Phi) is 6.23. The molecule has 0 aliphatic heterocycles. The normalized spacial score (nSPS) is 22.5. The van der Waals surface area contributed by atoms with Crippen LogP contribution in [0.3, 0.4) is 0 Å². The summed E-state index contributed by atoms with van der Waals surface area (Å²) in [4.78, 5) is 23.4. The van der Waals surface area contributed by atoms with Crippen LogP contribution < -0.4 is 0 Å². The molecule has 2 aliphatic carbocycles. The molecule has 0 radical (unpaired) electrons. The predicted octanol–water partition coefficient (Wildman–Crippen LogP) is 5.34. The Morgan fingerprint density at radius 3 is 1.64 bits per heavy atom. The fourth-order valence-electron chi connectivity index (χ4n) is 5.43. The van der Waals surface area contributed by atoms with Crippen LogP contribution in [0.4, 0.5) is 0 Å². The molecule has 0 aromatic rings. The molecule has 22 heavy (non-hydrogen) atoms. The Morgan fingerprint density at radius 1 is 0.909 bits per heavy atom. The first-order valence-corrected chi connectivity index (χ1v) is 9.51. The van der Waals surface area contributed by atoms with E-state index in [1.165, 1.54) is 19.3 Å². The van der Waals surface area contributed by atoms with Crippen LogP contribution in [0, 0.1) is 23.2 Å². The minimum atomic E-state index is 0.379. The molecular formula is C20H34O2. The van der Waals surface area contributed by atoms with Crippen molar-refractivity contribution in [1.29, 1.82) is 0 Å². The van der Waals surface area contributed by atoms with Crippen molar-refractivity contribution in [2.45, 2.75) is 91.4 Å². The van der Waals surface area contributed by atoms with E-state index < -0.39 is 0 Å². The summed E-state index contributed by atoms with van der Waals surface area (Å²) >= 11 is 0. The second kappa shape index (κ2) is 7.75. The summed E-state index contributed by atoms with van der Waals surface area (Å²) in [5.41, 5.74) is 0.379. The van der Waals surface area contributed by atoms with Gasteiger partial charge in [0.2, 0.25) is 0 Å². The van der Waals surface area contributed by atoms with Crippen LogP contribution in [-0.4, -0.2) is 11.6 Å². The maximum absolute atomic E-state index is 11.7. The zero-order valence-electron chi connectivity index (χ0n) is 14.8. The lowest BCUT2D eigenvalue weighted by molar-refractivity contribution is -0.124. The summed E-state index contributed by atoms with van der Waals surface area (Å²) in [6, 6.07) is 0. The lowest BCUT2D eigenvalue weighted by atomic mass is 9.54. The number of carbonyl (C=O) groups excluding carboxylic acids is 2. The van der Waals surface area contributed by atoms with Crippen molar-refractivity contribution in [2.75, 3.05) is 0 Å². The van der Waals surface area contributed by atoms with Crippen LogP contribution in [0.1, 0.15) is 91.4 Å². The first-order valence-electron chi connectivity index (χ1n) is 9.51. The highest BCUT2D eigenvalue weighted by molar-refractivity contribution is 5.79. The molecule has 0 aromatic carbocycles. The highest BCUT2D eigenvalue weighted by Crippen LogP contribution is 2.54. The van der Waals surface area contributed by atoms with Crippen LogP contribution in [0.15, 0.2) is 0 Å². The molecule has 2 heteroatoms. The third-order valence-electron chi connectivity index (χ3n) is 6.22. The average Bonchev–Trinajstić information content (AvgIpc) is 2.47. The maximum Gasteiger partial charge on any atom is 0.132 e. The Hall–Kier alpha value is -0.660. The van der Waals surface area contributed by atoms with Crippen LogP contribution in [0.5, 0.6) is 0 Å². The zero-order chi connectivity index (χ0) is 16.2. The Balaban J connectivity index is 2.23. The predicted molar refractivity (Wildman–Crippen MR) is 90.7 cm³/mol. The SMILES string of the molecule is CCCC(CC(C)C)(C1CCC(=O)CC1)C1CCC(=O)CC1. The lowest BCUT2D eigenvalue weighted by Gasteiger charge is -2.50. The van der Waals surface area contributed by atoms with Gasteiger partial charge in [-0.05, 0) is 61.7 Å². The van der Waals surface area contributed by atoms with Crippen LogP contribution in [0.2, 0.25) is 0 Å². The molecule has 126 valence electrons. The van der Waals surface area contributed by atoms with Gasteiger partial charge in [-0.2, -0.15) is 0 Å². The van der Waals surface area contributed by atoms with Gasteiger partial charge in [0.25, 0.3) is 0 Å². The summed E-state index contributed by atoms with van der Waals surface area (Å²) in [5.74, 6) is 3.02. The van der Waals surface area contributed by atoms with Crippen molar-refractivity contribution in [2.24, 2.45) is 23.2 Å². The minimum Gasteiger partial charge on any atom is -0.300 e. The largest absolute Gasteiger partial charge is 0.300 e. The molecule has 2 rings (SSSR count). The van der Waals surface area contributed by atoms with Crippen molar-refractivity contribution in [3.05, 3.63) is 0 Å². The Bertz CT molecular complexity index is 349. The Labute approximate surface area is 136 Å². The van der Waals surface area contributed by atoms with E-state index in [0.717, 1.165) is 51.4 Å². The van der Waals surface area contributed by atoms with E-state index in [0.29, 0.717) is 34.7 Å². The first kappa shape index (κ1) is 17.7.